The molecule has 2 rings (SSSR count). The maximum Gasteiger partial charge on any atom is 0.329 e. The monoisotopic (exact) mass is 290 g/mol. The van der Waals surface area contributed by atoms with Crippen molar-refractivity contribution in [2.75, 3.05) is 6.54 Å². The van der Waals surface area contributed by atoms with Gasteiger partial charge in [0.05, 0.1) is 0 Å². The molecule has 1 saturated carbocycles. The van der Waals surface area contributed by atoms with E-state index in [2.05, 4.69) is 16.7 Å². The van der Waals surface area contributed by atoms with Crippen LogP contribution in [0.15, 0.2) is 24.3 Å². The van der Waals surface area contributed by atoms with E-state index in [1.54, 1.807) is 6.92 Å². The van der Waals surface area contributed by atoms with E-state index < -0.39 is 17.5 Å². The molecule has 21 heavy (non-hydrogen) atoms. The third-order valence-corrected chi connectivity index (χ3v) is 3.99. The normalized spacial score (nSPS) is 16.9. The zero-order valence-corrected chi connectivity index (χ0v) is 12.5. The minimum atomic E-state index is -1.16. The second kappa shape index (κ2) is 6.16. The quantitative estimate of drug-likeness (QED) is 0.750. The van der Waals surface area contributed by atoms with Crippen molar-refractivity contribution in [3.63, 3.8) is 0 Å². The Morgan fingerprint density at radius 1 is 1.38 bits per heavy atom. The number of carboxylic acid groups (broad SMARTS) is 1. The number of nitrogens with one attached hydrogen (secondary N) is 2. The summed E-state index contributed by atoms with van der Waals surface area (Å²) in [6.07, 6.45) is 2.43. The van der Waals surface area contributed by atoms with E-state index in [0.717, 1.165) is 24.8 Å². The number of rotatable bonds is 6. The number of carbonyl (C=O) groups excluding carboxylic acids is 1. The van der Waals surface area contributed by atoms with E-state index in [1.165, 1.54) is 5.56 Å². The highest BCUT2D eigenvalue weighted by atomic mass is 16.4. The largest absolute Gasteiger partial charge is 0.480 e. The number of amides is 2. The highest BCUT2D eigenvalue weighted by Gasteiger charge is 2.48. The van der Waals surface area contributed by atoms with Crippen LogP contribution < -0.4 is 10.6 Å². The molecule has 0 aromatic heterocycles. The number of urea groups is 1. The lowest BCUT2D eigenvalue weighted by Gasteiger charge is -2.26. The summed E-state index contributed by atoms with van der Waals surface area (Å²) in [5.41, 5.74) is 1.18. The molecule has 0 aliphatic heterocycles. The number of aryl methyl sites for hydroxylation is 1. The number of aliphatic carboxylic acids is 1. The maximum absolute atomic E-state index is 11.9. The Labute approximate surface area is 124 Å². The fourth-order valence-corrected chi connectivity index (χ4v) is 2.46. The van der Waals surface area contributed by atoms with Crippen molar-refractivity contribution < 1.29 is 14.7 Å². The van der Waals surface area contributed by atoms with E-state index in [9.17, 15) is 14.7 Å². The van der Waals surface area contributed by atoms with Gasteiger partial charge in [0, 0.05) is 6.54 Å². The third-order valence-electron chi connectivity index (χ3n) is 3.99. The first kappa shape index (κ1) is 15.4. The summed E-state index contributed by atoms with van der Waals surface area (Å²) in [5.74, 6) is -0.934. The van der Waals surface area contributed by atoms with E-state index in [1.807, 2.05) is 25.1 Å². The van der Waals surface area contributed by atoms with Gasteiger partial charge < -0.3 is 15.7 Å². The Balaban J connectivity index is 1.80. The standard InChI is InChI=1S/C16H22N2O3/c1-11-4-3-5-12(10-11)8-9-17-15(21)18-16(2,14(19)20)13-6-7-13/h3-5,10,13H,6-9H2,1-2H3,(H,19,20)(H2,17,18,21). The van der Waals surface area contributed by atoms with Crippen molar-refractivity contribution in [2.45, 2.75) is 38.6 Å². The lowest BCUT2D eigenvalue weighted by atomic mass is 9.96. The van der Waals surface area contributed by atoms with Crippen molar-refractivity contribution in [3.05, 3.63) is 35.4 Å². The molecule has 5 heteroatoms. The lowest BCUT2D eigenvalue weighted by molar-refractivity contribution is -0.144. The van der Waals surface area contributed by atoms with Gasteiger partial charge >= 0.3 is 12.0 Å². The SMILES string of the molecule is Cc1cccc(CCNC(=O)NC(C)(C(=O)O)C2CC2)c1. The summed E-state index contributed by atoms with van der Waals surface area (Å²) < 4.78 is 0. The molecule has 2 amide bonds. The van der Waals surface area contributed by atoms with Gasteiger partial charge in [-0.1, -0.05) is 29.8 Å². The molecule has 0 heterocycles. The number of carbonyl (C=O) groups is 2. The molecule has 1 aliphatic rings. The van der Waals surface area contributed by atoms with Crippen LogP contribution >= 0.6 is 0 Å². The van der Waals surface area contributed by atoms with E-state index in [-0.39, 0.29) is 5.92 Å². The van der Waals surface area contributed by atoms with Crippen molar-refractivity contribution >= 4 is 12.0 Å². The average Bonchev–Trinajstić information content (AvgIpc) is 3.23. The van der Waals surface area contributed by atoms with Crippen molar-refractivity contribution in [1.29, 1.82) is 0 Å². The molecule has 0 bridgehead atoms. The molecule has 0 radical (unpaired) electrons. The molecule has 1 aliphatic carbocycles. The van der Waals surface area contributed by atoms with Gasteiger partial charge in [0.2, 0.25) is 0 Å². The second-order valence-corrected chi connectivity index (χ2v) is 5.90. The summed E-state index contributed by atoms with van der Waals surface area (Å²) in [7, 11) is 0. The van der Waals surface area contributed by atoms with Gasteiger partial charge in [-0.15, -0.1) is 0 Å². The Hall–Kier alpha value is -2.04. The van der Waals surface area contributed by atoms with Gasteiger partial charge in [-0.05, 0) is 44.6 Å². The first-order valence-corrected chi connectivity index (χ1v) is 7.27. The van der Waals surface area contributed by atoms with Crippen LogP contribution in [0.1, 0.15) is 30.9 Å². The van der Waals surface area contributed by atoms with Crippen molar-refractivity contribution in [1.82, 2.24) is 10.6 Å². The van der Waals surface area contributed by atoms with E-state index >= 15 is 0 Å². The van der Waals surface area contributed by atoms with Gasteiger partial charge in [-0.25, -0.2) is 9.59 Å². The zero-order chi connectivity index (χ0) is 15.5. The summed E-state index contributed by atoms with van der Waals surface area (Å²) in [4.78, 5) is 23.2. The predicted molar refractivity (Wildman–Crippen MR) is 80.2 cm³/mol. The van der Waals surface area contributed by atoms with Gasteiger partial charge in [0.15, 0.2) is 0 Å². The molecule has 1 aromatic carbocycles. The Morgan fingerprint density at radius 2 is 2.10 bits per heavy atom. The molecule has 0 saturated heterocycles. The van der Waals surface area contributed by atoms with Crippen LogP contribution in [0, 0.1) is 12.8 Å². The molecule has 0 spiro atoms. The fourth-order valence-electron chi connectivity index (χ4n) is 2.46. The molecule has 3 N–H and O–H groups in total. The first-order chi connectivity index (χ1) is 9.91. The minimum Gasteiger partial charge on any atom is -0.480 e. The van der Waals surface area contributed by atoms with Gasteiger partial charge in [0.25, 0.3) is 0 Å². The third kappa shape index (κ3) is 3.97. The highest BCUT2D eigenvalue weighted by Crippen LogP contribution is 2.39. The molecule has 1 fully saturated rings. The van der Waals surface area contributed by atoms with Crippen molar-refractivity contribution in [2.24, 2.45) is 5.92 Å². The Morgan fingerprint density at radius 3 is 2.67 bits per heavy atom. The molecular weight excluding hydrogens is 268 g/mol. The number of hydrogen-bond acceptors (Lipinski definition) is 2. The van der Waals surface area contributed by atoms with Crippen LogP contribution in [-0.2, 0) is 11.2 Å². The molecular formula is C16H22N2O3. The zero-order valence-electron chi connectivity index (χ0n) is 12.5. The smallest absolute Gasteiger partial charge is 0.329 e. The van der Waals surface area contributed by atoms with Gasteiger partial charge in [0.1, 0.15) is 5.54 Å². The van der Waals surface area contributed by atoms with Crippen LogP contribution in [-0.4, -0.2) is 29.2 Å². The summed E-state index contributed by atoms with van der Waals surface area (Å²) in [6.45, 7) is 4.08. The molecule has 114 valence electrons. The number of benzene rings is 1. The van der Waals surface area contributed by atoms with E-state index in [4.69, 9.17) is 0 Å². The summed E-state index contributed by atoms with van der Waals surface area (Å²) in [6, 6.07) is 7.68. The van der Waals surface area contributed by atoms with Crippen LogP contribution in [0.4, 0.5) is 4.79 Å². The number of carboxylic acids is 1. The van der Waals surface area contributed by atoms with Gasteiger partial charge in [-0.3, -0.25) is 0 Å². The first-order valence-electron chi connectivity index (χ1n) is 7.27. The molecule has 1 aromatic rings. The molecule has 1 unspecified atom stereocenters. The summed E-state index contributed by atoms with van der Waals surface area (Å²) in [5, 5.41) is 14.6. The van der Waals surface area contributed by atoms with E-state index in [0.29, 0.717) is 6.54 Å². The van der Waals surface area contributed by atoms with Crippen molar-refractivity contribution in [3.8, 4) is 0 Å². The van der Waals surface area contributed by atoms with Gasteiger partial charge in [-0.2, -0.15) is 0 Å². The topological polar surface area (TPSA) is 78.4 Å². The minimum absolute atomic E-state index is 0.0394. The highest BCUT2D eigenvalue weighted by molar-refractivity contribution is 5.86. The fraction of sp³-hybridized carbons (Fsp3) is 0.500. The van der Waals surface area contributed by atoms with Crippen LogP contribution in [0.5, 0.6) is 0 Å². The van der Waals surface area contributed by atoms with Crippen LogP contribution in [0.3, 0.4) is 0 Å². The Bertz CT molecular complexity index is 540. The molecule has 1 atom stereocenters. The predicted octanol–water partition coefficient (Wildman–Crippen LogP) is 2.09. The number of hydrogen-bond donors (Lipinski definition) is 3. The summed E-state index contributed by atoms with van der Waals surface area (Å²) >= 11 is 0. The Kier molecular flexibility index (Phi) is 4.50. The maximum atomic E-state index is 11.9. The lowest BCUT2D eigenvalue weighted by Crippen LogP contribution is -2.56. The van der Waals surface area contributed by atoms with Crippen LogP contribution in [0.2, 0.25) is 0 Å². The second-order valence-electron chi connectivity index (χ2n) is 5.90. The molecule has 5 nitrogen and oxygen atoms in total. The average molecular weight is 290 g/mol. The van der Waals surface area contributed by atoms with Crippen LogP contribution in [0.25, 0.3) is 0 Å².